The first-order valence-electron chi connectivity index (χ1n) is 4.83. The van der Waals surface area contributed by atoms with Crippen LogP contribution in [0.2, 0.25) is 0 Å². The summed E-state index contributed by atoms with van der Waals surface area (Å²) < 4.78 is 0. The maximum absolute atomic E-state index is 11.4. The SMILES string of the molecule is CCN(N)C(=O)Cc1ccc([N+](=O)[O-])cc1. The molecule has 0 radical (unpaired) electrons. The van der Waals surface area contributed by atoms with Gasteiger partial charge in [0, 0.05) is 18.7 Å². The number of nitro benzene ring substituents is 1. The zero-order valence-corrected chi connectivity index (χ0v) is 8.92. The quantitative estimate of drug-likeness (QED) is 0.355. The minimum Gasteiger partial charge on any atom is -0.281 e. The first kappa shape index (κ1) is 12.1. The van der Waals surface area contributed by atoms with E-state index in [1.165, 1.54) is 12.1 Å². The molecule has 0 fully saturated rings. The molecule has 1 rings (SSSR count). The highest BCUT2D eigenvalue weighted by atomic mass is 16.6. The summed E-state index contributed by atoms with van der Waals surface area (Å²) in [7, 11) is 0. The summed E-state index contributed by atoms with van der Waals surface area (Å²) in [5, 5.41) is 11.5. The van der Waals surface area contributed by atoms with Crippen LogP contribution < -0.4 is 5.84 Å². The number of hydrogen-bond donors (Lipinski definition) is 1. The lowest BCUT2D eigenvalue weighted by atomic mass is 10.1. The van der Waals surface area contributed by atoms with Crippen LogP contribution in [0.5, 0.6) is 0 Å². The van der Waals surface area contributed by atoms with Gasteiger partial charge in [-0.15, -0.1) is 0 Å². The van der Waals surface area contributed by atoms with Gasteiger partial charge in [0.05, 0.1) is 11.3 Å². The fourth-order valence-corrected chi connectivity index (χ4v) is 1.19. The Kier molecular flexibility index (Phi) is 3.96. The maximum Gasteiger partial charge on any atom is 0.269 e. The Balaban J connectivity index is 2.69. The van der Waals surface area contributed by atoms with Crippen molar-refractivity contribution in [3.63, 3.8) is 0 Å². The van der Waals surface area contributed by atoms with E-state index in [1.54, 1.807) is 19.1 Å². The van der Waals surface area contributed by atoms with Crippen LogP contribution in [0.3, 0.4) is 0 Å². The maximum atomic E-state index is 11.4. The molecule has 0 heterocycles. The van der Waals surface area contributed by atoms with Gasteiger partial charge in [-0.05, 0) is 12.5 Å². The second-order valence-corrected chi connectivity index (χ2v) is 3.28. The first-order valence-corrected chi connectivity index (χ1v) is 4.83. The number of non-ortho nitro benzene ring substituents is 1. The largest absolute Gasteiger partial charge is 0.281 e. The molecule has 0 aromatic heterocycles. The normalized spacial score (nSPS) is 9.88. The van der Waals surface area contributed by atoms with Crippen molar-refractivity contribution in [2.75, 3.05) is 6.54 Å². The molecule has 2 N–H and O–H groups in total. The Morgan fingerprint density at radius 3 is 2.44 bits per heavy atom. The fourth-order valence-electron chi connectivity index (χ4n) is 1.19. The van der Waals surface area contributed by atoms with Crippen LogP contribution in [-0.4, -0.2) is 22.4 Å². The van der Waals surface area contributed by atoms with Crippen molar-refractivity contribution in [3.05, 3.63) is 39.9 Å². The first-order chi connectivity index (χ1) is 7.54. The van der Waals surface area contributed by atoms with Gasteiger partial charge in [-0.25, -0.2) is 5.84 Å². The second-order valence-electron chi connectivity index (χ2n) is 3.28. The Morgan fingerprint density at radius 2 is 2.00 bits per heavy atom. The lowest BCUT2D eigenvalue weighted by molar-refractivity contribution is -0.384. The zero-order valence-electron chi connectivity index (χ0n) is 8.92. The molecule has 6 heteroatoms. The van der Waals surface area contributed by atoms with Crippen molar-refractivity contribution in [2.24, 2.45) is 5.84 Å². The van der Waals surface area contributed by atoms with Gasteiger partial charge in [-0.3, -0.25) is 19.9 Å². The zero-order chi connectivity index (χ0) is 12.1. The van der Waals surface area contributed by atoms with Crippen LogP contribution in [-0.2, 0) is 11.2 Å². The minimum absolute atomic E-state index is 0.0105. The molecule has 0 aliphatic carbocycles. The van der Waals surface area contributed by atoms with Crippen LogP contribution in [0, 0.1) is 10.1 Å². The van der Waals surface area contributed by atoms with E-state index in [9.17, 15) is 14.9 Å². The summed E-state index contributed by atoms with van der Waals surface area (Å²) in [5.41, 5.74) is 0.718. The van der Waals surface area contributed by atoms with Crippen molar-refractivity contribution >= 4 is 11.6 Å². The van der Waals surface area contributed by atoms with E-state index in [1.807, 2.05) is 0 Å². The molecular formula is C10H13N3O3. The molecule has 0 atom stereocenters. The lowest BCUT2D eigenvalue weighted by Gasteiger charge is -2.13. The van der Waals surface area contributed by atoms with Crippen molar-refractivity contribution < 1.29 is 9.72 Å². The predicted molar refractivity (Wildman–Crippen MR) is 58.4 cm³/mol. The summed E-state index contributed by atoms with van der Waals surface area (Å²) >= 11 is 0. The van der Waals surface area contributed by atoms with Gasteiger partial charge < -0.3 is 0 Å². The molecule has 0 aliphatic heterocycles. The van der Waals surface area contributed by atoms with Gasteiger partial charge in [0.25, 0.3) is 5.69 Å². The number of likely N-dealkylation sites (N-methyl/N-ethyl adjacent to an activating group) is 1. The second kappa shape index (κ2) is 5.22. The van der Waals surface area contributed by atoms with E-state index < -0.39 is 4.92 Å². The highest BCUT2D eigenvalue weighted by Crippen LogP contribution is 2.12. The average molecular weight is 223 g/mol. The monoisotopic (exact) mass is 223 g/mol. The Labute approximate surface area is 92.8 Å². The Hall–Kier alpha value is -1.95. The van der Waals surface area contributed by atoms with Crippen LogP contribution in [0.4, 0.5) is 5.69 Å². The molecule has 0 saturated heterocycles. The van der Waals surface area contributed by atoms with Gasteiger partial charge in [0.15, 0.2) is 0 Å². The molecule has 6 nitrogen and oxygen atoms in total. The highest BCUT2D eigenvalue weighted by Gasteiger charge is 2.10. The van der Waals surface area contributed by atoms with Crippen LogP contribution in [0.15, 0.2) is 24.3 Å². The molecule has 1 aromatic rings. The van der Waals surface area contributed by atoms with Crippen molar-refractivity contribution in [1.82, 2.24) is 5.01 Å². The van der Waals surface area contributed by atoms with Gasteiger partial charge in [-0.2, -0.15) is 0 Å². The minimum atomic E-state index is -0.479. The molecule has 86 valence electrons. The number of nitro groups is 1. The van der Waals surface area contributed by atoms with Crippen molar-refractivity contribution in [2.45, 2.75) is 13.3 Å². The Bertz CT molecular complexity index is 389. The highest BCUT2D eigenvalue weighted by molar-refractivity contribution is 5.78. The van der Waals surface area contributed by atoms with Gasteiger partial charge in [0.1, 0.15) is 0 Å². The number of nitrogens with two attached hydrogens (primary N) is 1. The molecule has 0 unspecified atom stereocenters. The standard InChI is InChI=1S/C10H13N3O3/c1-2-12(11)10(14)7-8-3-5-9(6-4-8)13(15)16/h3-6H,2,7,11H2,1H3. The smallest absolute Gasteiger partial charge is 0.269 e. The van der Waals surface area contributed by atoms with E-state index in [-0.39, 0.29) is 18.0 Å². The molecule has 0 bridgehead atoms. The Morgan fingerprint density at radius 1 is 1.44 bits per heavy atom. The number of nitrogens with zero attached hydrogens (tertiary/aromatic N) is 2. The fraction of sp³-hybridized carbons (Fsp3) is 0.300. The molecule has 1 aromatic carbocycles. The third-order valence-corrected chi connectivity index (χ3v) is 2.16. The lowest BCUT2D eigenvalue weighted by Crippen LogP contribution is -2.38. The molecule has 0 aliphatic rings. The summed E-state index contributed by atoms with van der Waals surface area (Å²) in [6.07, 6.45) is 0.155. The predicted octanol–water partition coefficient (Wildman–Crippen LogP) is 0.859. The van der Waals surface area contributed by atoms with E-state index in [0.29, 0.717) is 12.1 Å². The van der Waals surface area contributed by atoms with Gasteiger partial charge in [-0.1, -0.05) is 12.1 Å². The number of carbonyl (C=O) groups is 1. The molecule has 1 amide bonds. The van der Waals surface area contributed by atoms with Crippen molar-refractivity contribution in [3.8, 4) is 0 Å². The summed E-state index contributed by atoms with van der Waals surface area (Å²) in [6, 6.07) is 5.85. The third-order valence-electron chi connectivity index (χ3n) is 2.16. The summed E-state index contributed by atoms with van der Waals surface area (Å²) in [6.45, 7) is 2.21. The number of benzene rings is 1. The summed E-state index contributed by atoms with van der Waals surface area (Å²) in [4.78, 5) is 21.3. The average Bonchev–Trinajstić information content (AvgIpc) is 2.28. The molecule has 0 saturated carbocycles. The van der Waals surface area contributed by atoms with E-state index in [2.05, 4.69) is 0 Å². The molecular weight excluding hydrogens is 210 g/mol. The van der Waals surface area contributed by atoms with Crippen molar-refractivity contribution in [1.29, 1.82) is 0 Å². The number of hydrazine groups is 1. The van der Waals surface area contributed by atoms with Gasteiger partial charge in [0.2, 0.25) is 5.91 Å². The number of hydrogen-bond acceptors (Lipinski definition) is 4. The summed E-state index contributed by atoms with van der Waals surface area (Å²) in [5.74, 6) is 5.21. The number of carbonyl (C=O) groups excluding carboxylic acids is 1. The van der Waals surface area contributed by atoms with Gasteiger partial charge >= 0.3 is 0 Å². The van der Waals surface area contributed by atoms with Crippen LogP contribution in [0.1, 0.15) is 12.5 Å². The third kappa shape index (κ3) is 3.03. The van der Waals surface area contributed by atoms with E-state index >= 15 is 0 Å². The number of amides is 1. The van der Waals surface area contributed by atoms with Crippen LogP contribution >= 0.6 is 0 Å². The van der Waals surface area contributed by atoms with Crippen LogP contribution in [0.25, 0.3) is 0 Å². The van der Waals surface area contributed by atoms with E-state index in [4.69, 9.17) is 5.84 Å². The molecule has 16 heavy (non-hydrogen) atoms. The number of rotatable bonds is 4. The molecule has 0 spiro atoms. The van der Waals surface area contributed by atoms with E-state index in [0.717, 1.165) is 5.01 Å². The topological polar surface area (TPSA) is 89.5 Å².